The van der Waals surface area contributed by atoms with Crippen LogP contribution < -0.4 is 10.5 Å². The largest absolute Gasteiger partial charge is 0.506 e. The maximum Gasteiger partial charge on any atom is 0.154 e. The van der Waals surface area contributed by atoms with E-state index >= 15 is 0 Å². The van der Waals surface area contributed by atoms with E-state index in [-0.39, 0.29) is 11.4 Å². The number of nitrogen functional groups attached to an aromatic ring is 1. The average Bonchev–Trinajstić information content (AvgIpc) is 2.37. The van der Waals surface area contributed by atoms with E-state index in [0.29, 0.717) is 17.1 Å². The summed E-state index contributed by atoms with van der Waals surface area (Å²) in [6.45, 7) is 1.90. The summed E-state index contributed by atoms with van der Waals surface area (Å²) >= 11 is 0. The van der Waals surface area contributed by atoms with Gasteiger partial charge in [-0.1, -0.05) is 12.1 Å². The SMILES string of the molecule is Cc1ccc(Oc2cccc(O)c2N)c(C#N)c1. The number of phenols is 1. The number of para-hydroxylation sites is 1. The minimum absolute atomic E-state index is 0.0434. The number of benzene rings is 2. The van der Waals surface area contributed by atoms with Gasteiger partial charge in [-0.15, -0.1) is 0 Å². The molecule has 0 fully saturated rings. The molecule has 0 saturated carbocycles. The molecule has 4 nitrogen and oxygen atoms in total. The Bertz CT molecular complexity index is 630. The van der Waals surface area contributed by atoms with Crippen molar-refractivity contribution in [1.29, 1.82) is 5.26 Å². The summed E-state index contributed by atoms with van der Waals surface area (Å²) in [6.07, 6.45) is 0. The number of aryl methyl sites for hydroxylation is 1. The first-order chi connectivity index (χ1) is 8.61. The fourth-order valence-corrected chi connectivity index (χ4v) is 1.56. The molecule has 18 heavy (non-hydrogen) atoms. The standard InChI is InChI=1S/C14H12N2O2/c1-9-5-6-12(10(7-9)8-15)18-13-4-2-3-11(17)14(13)16/h2-7,17H,16H2,1H3. The van der Waals surface area contributed by atoms with Crippen LogP contribution in [0.4, 0.5) is 5.69 Å². The first-order valence-corrected chi connectivity index (χ1v) is 5.38. The molecule has 2 aromatic carbocycles. The molecule has 0 unspecified atom stereocenters. The number of aromatic hydroxyl groups is 1. The van der Waals surface area contributed by atoms with Crippen LogP contribution in [0, 0.1) is 18.3 Å². The van der Waals surface area contributed by atoms with Crippen molar-refractivity contribution >= 4 is 5.69 Å². The van der Waals surface area contributed by atoms with E-state index in [2.05, 4.69) is 6.07 Å². The van der Waals surface area contributed by atoms with Gasteiger partial charge in [-0.2, -0.15) is 5.26 Å². The molecular weight excluding hydrogens is 228 g/mol. The molecule has 0 saturated heterocycles. The van der Waals surface area contributed by atoms with Crippen LogP contribution in [0.25, 0.3) is 0 Å². The monoisotopic (exact) mass is 240 g/mol. The van der Waals surface area contributed by atoms with Crippen LogP contribution in [0.3, 0.4) is 0 Å². The number of nitrogens with zero attached hydrogens (tertiary/aromatic N) is 1. The van der Waals surface area contributed by atoms with Crippen molar-refractivity contribution in [3.63, 3.8) is 0 Å². The number of rotatable bonds is 2. The zero-order valence-electron chi connectivity index (χ0n) is 9.84. The average molecular weight is 240 g/mol. The topological polar surface area (TPSA) is 79.3 Å². The third kappa shape index (κ3) is 2.20. The van der Waals surface area contributed by atoms with E-state index in [1.54, 1.807) is 24.3 Å². The van der Waals surface area contributed by atoms with Gasteiger partial charge in [-0.3, -0.25) is 0 Å². The Morgan fingerprint density at radius 3 is 2.72 bits per heavy atom. The van der Waals surface area contributed by atoms with Gasteiger partial charge < -0.3 is 15.6 Å². The van der Waals surface area contributed by atoms with Gasteiger partial charge >= 0.3 is 0 Å². The Balaban J connectivity index is 2.41. The summed E-state index contributed by atoms with van der Waals surface area (Å²) in [7, 11) is 0. The van der Waals surface area contributed by atoms with Crippen LogP contribution in [-0.4, -0.2) is 5.11 Å². The molecule has 0 heterocycles. The highest BCUT2D eigenvalue weighted by molar-refractivity contribution is 5.63. The Hall–Kier alpha value is -2.67. The molecule has 3 N–H and O–H groups in total. The summed E-state index contributed by atoms with van der Waals surface area (Å²) in [6, 6.07) is 12.1. The quantitative estimate of drug-likeness (QED) is 0.624. The van der Waals surface area contributed by atoms with Crippen molar-refractivity contribution in [2.24, 2.45) is 0 Å². The van der Waals surface area contributed by atoms with Crippen LogP contribution in [0.5, 0.6) is 17.2 Å². The third-order valence-electron chi connectivity index (χ3n) is 2.52. The van der Waals surface area contributed by atoms with Gasteiger partial charge in [-0.25, -0.2) is 0 Å². The fourth-order valence-electron chi connectivity index (χ4n) is 1.56. The summed E-state index contributed by atoms with van der Waals surface area (Å²) in [5.41, 5.74) is 7.25. The van der Waals surface area contributed by atoms with Crippen molar-refractivity contribution < 1.29 is 9.84 Å². The summed E-state index contributed by atoms with van der Waals surface area (Å²) < 4.78 is 5.56. The van der Waals surface area contributed by atoms with Crippen LogP contribution in [0.15, 0.2) is 36.4 Å². The maximum atomic E-state index is 9.48. The lowest BCUT2D eigenvalue weighted by Crippen LogP contribution is -1.94. The predicted octanol–water partition coefficient (Wildman–Crippen LogP) is 2.95. The number of ether oxygens (including phenoxy) is 1. The summed E-state index contributed by atoms with van der Waals surface area (Å²) in [4.78, 5) is 0. The van der Waals surface area contributed by atoms with E-state index in [1.807, 2.05) is 13.0 Å². The molecule has 0 radical (unpaired) electrons. The Kier molecular flexibility index (Phi) is 3.07. The molecule has 0 aliphatic carbocycles. The highest BCUT2D eigenvalue weighted by atomic mass is 16.5. The second-order valence-electron chi connectivity index (χ2n) is 3.90. The number of nitrogens with two attached hydrogens (primary N) is 1. The molecule has 90 valence electrons. The lowest BCUT2D eigenvalue weighted by Gasteiger charge is -2.10. The zero-order valence-corrected chi connectivity index (χ0v) is 9.84. The predicted molar refractivity (Wildman–Crippen MR) is 68.5 cm³/mol. The number of anilines is 1. The molecule has 2 aromatic rings. The molecule has 0 aromatic heterocycles. The van der Waals surface area contributed by atoms with Gasteiger partial charge in [0.25, 0.3) is 0 Å². The number of hydrogen-bond acceptors (Lipinski definition) is 4. The Labute approximate surface area is 105 Å². The lowest BCUT2D eigenvalue weighted by atomic mass is 10.1. The molecule has 0 spiro atoms. The second-order valence-corrected chi connectivity index (χ2v) is 3.90. The summed E-state index contributed by atoms with van der Waals surface area (Å²) in [5, 5.41) is 18.5. The van der Waals surface area contributed by atoms with Crippen LogP contribution in [0.2, 0.25) is 0 Å². The van der Waals surface area contributed by atoms with Gasteiger partial charge in [0, 0.05) is 0 Å². The van der Waals surface area contributed by atoms with Crippen molar-refractivity contribution in [2.75, 3.05) is 5.73 Å². The lowest BCUT2D eigenvalue weighted by molar-refractivity contribution is 0.459. The maximum absolute atomic E-state index is 9.48. The first kappa shape index (κ1) is 11.8. The molecular formula is C14H12N2O2. The van der Waals surface area contributed by atoms with Crippen molar-refractivity contribution in [3.05, 3.63) is 47.5 Å². The Morgan fingerprint density at radius 2 is 2.00 bits per heavy atom. The van der Waals surface area contributed by atoms with E-state index in [1.165, 1.54) is 6.07 Å². The molecule has 2 rings (SSSR count). The molecule has 0 aliphatic rings. The van der Waals surface area contributed by atoms with Gasteiger partial charge in [0.05, 0.1) is 5.56 Å². The molecule has 0 amide bonds. The molecule has 4 heteroatoms. The van der Waals surface area contributed by atoms with Crippen LogP contribution in [-0.2, 0) is 0 Å². The van der Waals surface area contributed by atoms with Crippen molar-refractivity contribution in [2.45, 2.75) is 6.92 Å². The number of hydrogen-bond donors (Lipinski definition) is 2. The van der Waals surface area contributed by atoms with Gasteiger partial charge in [0.2, 0.25) is 0 Å². The number of nitriles is 1. The zero-order chi connectivity index (χ0) is 13.1. The number of phenolic OH excluding ortho intramolecular Hbond substituents is 1. The van der Waals surface area contributed by atoms with Gasteiger partial charge in [-0.05, 0) is 36.8 Å². The summed E-state index contributed by atoms with van der Waals surface area (Å²) in [5.74, 6) is 0.703. The van der Waals surface area contributed by atoms with Crippen molar-refractivity contribution in [3.8, 4) is 23.3 Å². The second kappa shape index (κ2) is 4.68. The highest BCUT2D eigenvalue weighted by Crippen LogP contribution is 2.34. The van der Waals surface area contributed by atoms with Crippen molar-refractivity contribution in [1.82, 2.24) is 0 Å². The molecule has 0 bridgehead atoms. The normalized spacial score (nSPS) is 9.78. The molecule has 0 aliphatic heterocycles. The molecule has 0 atom stereocenters. The van der Waals surface area contributed by atoms with E-state index in [0.717, 1.165) is 5.56 Å². The first-order valence-electron chi connectivity index (χ1n) is 5.38. The minimum Gasteiger partial charge on any atom is -0.506 e. The van der Waals surface area contributed by atoms with E-state index in [9.17, 15) is 5.11 Å². The fraction of sp³-hybridized carbons (Fsp3) is 0.0714. The highest BCUT2D eigenvalue weighted by Gasteiger charge is 2.09. The minimum atomic E-state index is -0.0434. The van der Waals surface area contributed by atoms with Gasteiger partial charge in [0.15, 0.2) is 5.75 Å². The third-order valence-corrected chi connectivity index (χ3v) is 2.52. The van der Waals surface area contributed by atoms with E-state index < -0.39 is 0 Å². The smallest absolute Gasteiger partial charge is 0.154 e. The van der Waals surface area contributed by atoms with E-state index in [4.69, 9.17) is 15.7 Å². The van der Waals surface area contributed by atoms with Gasteiger partial charge in [0.1, 0.15) is 23.3 Å². The Morgan fingerprint density at radius 1 is 1.22 bits per heavy atom. The van der Waals surface area contributed by atoms with Crippen LogP contribution >= 0.6 is 0 Å². The van der Waals surface area contributed by atoms with Crippen LogP contribution in [0.1, 0.15) is 11.1 Å².